The molecule has 1 amide bonds. The number of carbonyl (C=O) groups is 1. The van der Waals surface area contributed by atoms with Crippen molar-refractivity contribution in [3.8, 4) is 16.9 Å². The van der Waals surface area contributed by atoms with Crippen LogP contribution in [0.5, 0.6) is 0 Å². The second-order valence-electron chi connectivity index (χ2n) is 7.18. The summed E-state index contributed by atoms with van der Waals surface area (Å²) < 4.78 is 2.72. The summed E-state index contributed by atoms with van der Waals surface area (Å²) in [6, 6.07) is 19.4. The molecule has 5 rings (SSSR count). The van der Waals surface area contributed by atoms with E-state index in [2.05, 4.69) is 46.6 Å². The van der Waals surface area contributed by atoms with E-state index in [1.165, 1.54) is 0 Å². The van der Waals surface area contributed by atoms with Crippen LogP contribution in [0, 0.1) is 0 Å². The first-order valence-electron chi connectivity index (χ1n) is 9.88. The Morgan fingerprint density at radius 3 is 2.45 bits per heavy atom. The van der Waals surface area contributed by atoms with Crippen molar-refractivity contribution < 1.29 is 4.79 Å². The zero-order valence-electron chi connectivity index (χ0n) is 16.5. The molecule has 0 unspecified atom stereocenters. The summed E-state index contributed by atoms with van der Waals surface area (Å²) in [6.07, 6.45) is 0. The standard InChI is InChI=1S/C21H19BrN8O/c22-16-8-6-15(7-9-16)18-14-19(24-23-18)20(31)28-10-12-29(13-11-28)21-25-26-27-30(21)17-4-2-1-3-5-17/h1-9,14H,10-13H2,(H,23,24). The molecule has 0 atom stereocenters. The minimum Gasteiger partial charge on any atom is -0.336 e. The third-order valence-electron chi connectivity index (χ3n) is 5.25. The number of nitrogens with zero attached hydrogens (tertiary/aromatic N) is 7. The number of anilines is 1. The largest absolute Gasteiger partial charge is 0.336 e. The van der Waals surface area contributed by atoms with Crippen LogP contribution in [0.1, 0.15) is 10.5 Å². The molecule has 0 spiro atoms. The first-order chi connectivity index (χ1) is 15.2. The zero-order valence-corrected chi connectivity index (χ0v) is 18.1. The van der Waals surface area contributed by atoms with Crippen LogP contribution in [0.25, 0.3) is 16.9 Å². The van der Waals surface area contributed by atoms with Crippen LogP contribution < -0.4 is 4.90 Å². The molecular weight excluding hydrogens is 460 g/mol. The highest BCUT2D eigenvalue weighted by atomic mass is 79.9. The molecule has 2 aromatic heterocycles. The monoisotopic (exact) mass is 478 g/mol. The van der Waals surface area contributed by atoms with Crippen LogP contribution in [-0.2, 0) is 0 Å². The maximum absolute atomic E-state index is 13.0. The highest BCUT2D eigenvalue weighted by Gasteiger charge is 2.26. The lowest BCUT2D eigenvalue weighted by molar-refractivity contribution is 0.0740. The van der Waals surface area contributed by atoms with E-state index in [1.54, 1.807) is 10.7 Å². The SMILES string of the molecule is O=C(c1cc(-c2ccc(Br)cc2)n[nH]1)N1CCN(c2nnnn2-c2ccccc2)CC1. The van der Waals surface area contributed by atoms with Crippen LogP contribution in [-0.4, -0.2) is 67.4 Å². The molecular formula is C21H19BrN8O. The summed E-state index contributed by atoms with van der Waals surface area (Å²) in [5, 5.41) is 19.3. The smallest absolute Gasteiger partial charge is 0.272 e. The van der Waals surface area contributed by atoms with E-state index in [-0.39, 0.29) is 5.91 Å². The lowest BCUT2D eigenvalue weighted by atomic mass is 10.1. The number of para-hydroxylation sites is 1. The maximum atomic E-state index is 13.0. The second kappa shape index (κ2) is 8.31. The molecule has 1 aliphatic heterocycles. The van der Waals surface area contributed by atoms with Crippen molar-refractivity contribution in [2.45, 2.75) is 0 Å². The topological polar surface area (TPSA) is 95.8 Å². The lowest BCUT2D eigenvalue weighted by Gasteiger charge is -2.34. The third-order valence-corrected chi connectivity index (χ3v) is 5.78. The molecule has 2 aromatic carbocycles. The summed E-state index contributed by atoms with van der Waals surface area (Å²) >= 11 is 3.43. The molecule has 4 aromatic rings. The normalized spacial score (nSPS) is 14.1. The number of carbonyl (C=O) groups excluding carboxylic acids is 1. The van der Waals surface area contributed by atoms with Crippen molar-refractivity contribution in [3.05, 3.63) is 70.8 Å². The Morgan fingerprint density at radius 2 is 1.71 bits per heavy atom. The van der Waals surface area contributed by atoms with E-state index in [1.807, 2.05) is 59.5 Å². The van der Waals surface area contributed by atoms with Crippen LogP contribution in [0.2, 0.25) is 0 Å². The molecule has 0 saturated carbocycles. The Morgan fingerprint density at radius 1 is 0.968 bits per heavy atom. The Kier molecular flexibility index (Phi) is 5.21. The number of piperazine rings is 1. The highest BCUT2D eigenvalue weighted by molar-refractivity contribution is 9.10. The molecule has 156 valence electrons. The number of H-pyrrole nitrogens is 1. The Bertz CT molecular complexity index is 1180. The summed E-state index contributed by atoms with van der Waals surface area (Å²) in [5.41, 5.74) is 3.09. The van der Waals surface area contributed by atoms with Gasteiger partial charge in [-0.1, -0.05) is 51.4 Å². The molecule has 9 nitrogen and oxygen atoms in total. The number of rotatable bonds is 4. The molecule has 0 bridgehead atoms. The average molecular weight is 479 g/mol. The summed E-state index contributed by atoms with van der Waals surface area (Å²) in [5.74, 6) is 0.621. The van der Waals surface area contributed by atoms with Crippen molar-refractivity contribution in [1.29, 1.82) is 0 Å². The van der Waals surface area contributed by atoms with Crippen LogP contribution >= 0.6 is 15.9 Å². The molecule has 1 N–H and O–H groups in total. The Balaban J connectivity index is 1.26. The molecule has 0 aliphatic carbocycles. The average Bonchev–Trinajstić information content (AvgIpc) is 3.50. The van der Waals surface area contributed by atoms with Crippen molar-refractivity contribution in [1.82, 2.24) is 35.3 Å². The van der Waals surface area contributed by atoms with Crippen molar-refractivity contribution in [2.24, 2.45) is 0 Å². The predicted octanol–water partition coefficient (Wildman–Crippen LogP) is 2.78. The first-order valence-corrected chi connectivity index (χ1v) is 10.7. The lowest BCUT2D eigenvalue weighted by Crippen LogP contribution is -2.49. The molecule has 1 saturated heterocycles. The van der Waals surface area contributed by atoms with Crippen LogP contribution in [0.3, 0.4) is 0 Å². The fraction of sp³-hybridized carbons (Fsp3) is 0.190. The minimum absolute atomic E-state index is 0.0573. The number of amides is 1. The van der Waals surface area contributed by atoms with Gasteiger partial charge in [0, 0.05) is 36.2 Å². The van der Waals surface area contributed by atoms with E-state index in [0.29, 0.717) is 37.8 Å². The maximum Gasteiger partial charge on any atom is 0.272 e. The molecule has 0 radical (unpaired) electrons. The van der Waals surface area contributed by atoms with Gasteiger partial charge in [-0.2, -0.15) is 9.78 Å². The van der Waals surface area contributed by atoms with Gasteiger partial charge in [-0.25, -0.2) is 0 Å². The van der Waals surface area contributed by atoms with Gasteiger partial charge in [0.15, 0.2) is 0 Å². The number of nitrogens with one attached hydrogen (secondary N) is 1. The molecule has 1 fully saturated rings. The van der Waals surface area contributed by atoms with Gasteiger partial charge in [0.1, 0.15) is 5.69 Å². The van der Waals surface area contributed by atoms with E-state index in [0.717, 1.165) is 21.4 Å². The fourth-order valence-electron chi connectivity index (χ4n) is 3.60. The number of tetrazole rings is 1. The van der Waals surface area contributed by atoms with Gasteiger partial charge in [-0.15, -0.1) is 0 Å². The number of aromatic amines is 1. The number of aromatic nitrogens is 6. The number of hydrogen-bond acceptors (Lipinski definition) is 6. The van der Waals surface area contributed by atoms with Gasteiger partial charge < -0.3 is 9.80 Å². The highest BCUT2D eigenvalue weighted by Crippen LogP contribution is 2.22. The summed E-state index contributed by atoms with van der Waals surface area (Å²) in [6.45, 7) is 2.44. The number of halogens is 1. The van der Waals surface area contributed by atoms with E-state index in [4.69, 9.17) is 0 Å². The Labute approximate surface area is 186 Å². The molecule has 10 heteroatoms. The van der Waals surface area contributed by atoms with Gasteiger partial charge in [0.25, 0.3) is 5.91 Å². The first kappa shape index (κ1) is 19.4. The summed E-state index contributed by atoms with van der Waals surface area (Å²) in [4.78, 5) is 16.9. The predicted molar refractivity (Wildman–Crippen MR) is 119 cm³/mol. The van der Waals surface area contributed by atoms with Gasteiger partial charge in [0.05, 0.1) is 11.4 Å². The van der Waals surface area contributed by atoms with Gasteiger partial charge in [0.2, 0.25) is 5.95 Å². The molecule has 3 heterocycles. The zero-order chi connectivity index (χ0) is 21.2. The van der Waals surface area contributed by atoms with Crippen LogP contribution in [0.4, 0.5) is 5.95 Å². The number of benzene rings is 2. The van der Waals surface area contributed by atoms with E-state index >= 15 is 0 Å². The third kappa shape index (κ3) is 3.93. The van der Waals surface area contributed by atoms with E-state index in [9.17, 15) is 4.79 Å². The van der Waals surface area contributed by atoms with Crippen LogP contribution in [0.15, 0.2) is 65.1 Å². The fourth-order valence-corrected chi connectivity index (χ4v) is 3.86. The van der Waals surface area contributed by atoms with E-state index < -0.39 is 0 Å². The van der Waals surface area contributed by atoms with Crippen molar-refractivity contribution in [3.63, 3.8) is 0 Å². The Hall–Kier alpha value is -3.53. The van der Waals surface area contributed by atoms with Gasteiger partial charge in [-0.3, -0.25) is 9.89 Å². The number of hydrogen-bond donors (Lipinski definition) is 1. The quantitative estimate of drug-likeness (QED) is 0.484. The van der Waals surface area contributed by atoms with Crippen molar-refractivity contribution >= 4 is 27.8 Å². The minimum atomic E-state index is -0.0573. The van der Waals surface area contributed by atoms with Gasteiger partial charge in [-0.05, 0) is 40.8 Å². The molecule has 31 heavy (non-hydrogen) atoms. The van der Waals surface area contributed by atoms with Crippen molar-refractivity contribution in [2.75, 3.05) is 31.1 Å². The molecule has 1 aliphatic rings. The second-order valence-corrected chi connectivity index (χ2v) is 8.09. The summed E-state index contributed by atoms with van der Waals surface area (Å²) in [7, 11) is 0. The van der Waals surface area contributed by atoms with Gasteiger partial charge >= 0.3 is 0 Å².